The largest absolute Gasteiger partial charge is 0.493 e. The van der Waals surface area contributed by atoms with Crippen molar-refractivity contribution >= 4 is 11.6 Å². The normalized spacial score (nSPS) is 15.7. The van der Waals surface area contributed by atoms with Crippen molar-refractivity contribution in [2.45, 2.75) is 37.6 Å². The number of carbonyl (C=O) groups excluding carboxylic acids is 1. The van der Waals surface area contributed by atoms with Crippen LogP contribution in [-0.4, -0.2) is 42.0 Å². The third kappa shape index (κ3) is 3.99. The standard InChI is InChI=1S/C17H21N3O5/c1-19(17(12-18)8-4-3-5-9-17)16(21)11-25-15-10-13(20(22)23)6-7-14(15)24-2/h6-7,10H,3-5,8-9,11H2,1-2H3. The quantitative estimate of drug-likeness (QED) is 0.578. The number of non-ortho nitro benzene ring substituents is 1. The zero-order valence-electron chi connectivity index (χ0n) is 14.4. The highest BCUT2D eigenvalue weighted by Gasteiger charge is 2.38. The van der Waals surface area contributed by atoms with Gasteiger partial charge in [-0.25, -0.2) is 0 Å². The Morgan fingerprint density at radius 2 is 2.04 bits per heavy atom. The van der Waals surface area contributed by atoms with Gasteiger partial charge in [0.2, 0.25) is 0 Å². The highest BCUT2D eigenvalue weighted by molar-refractivity contribution is 5.79. The zero-order chi connectivity index (χ0) is 18.4. The van der Waals surface area contributed by atoms with Gasteiger partial charge in [-0.3, -0.25) is 14.9 Å². The zero-order valence-corrected chi connectivity index (χ0v) is 14.4. The minimum Gasteiger partial charge on any atom is -0.493 e. The summed E-state index contributed by atoms with van der Waals surface area (Å²) in [6.07, 6.45) is 4.17. The van der Waals surface area contributed by atoms with Crippen LogP contribution in [0.5, 0.6) is 11.5 Å². The lowest BCUT2D eigenvalue weighted by Gasteiger charge is -2.38. The van der Waals surface area contributed by atoms with E-state index >= 15 is 0 Å². The van der Waals surface area contributed by atoms with E-state index in [0.29, 0.717) is 18.6 Å². The average molecular weight is 347 g/mol. The molecule has 0 aliphatic heterocycles. The number of hydrogen-bond donors (Lipinski definition) is 0. The number of carbonyl (C=O) groups is 1. The summed E-state index contributed by atoms with van der Waals surface area (Å²) in [4.78, 5) is 24.2. The molecule has 0 atom stereocenters. The number of nitro benzene ring substituents is 1. The van der Waals surface area contributed by atoms with Crippen LogP contribution in [0.4, 0.5) is 5.69 Å². The molecule has 25 heavy (non-hydrogen) atoms. The number of rotatable bonds is 6. The summed E-state index contributed by atoms with van der Waals surface area (Å²) in [6.45, 7) is -0.322. The SMILES string of the molecule is COc1ccc([N+](=O)[O-])cc1OCC(=O)N(C)C1(C#N)CCCCC1. The van der Waals surface area contributed by atoms with Crippen LogP contribution in [0, 0.1) is 21.4 Å². The van der Waals surface area contributed by atoms with E-state index in [-0.39, 0.29) is 24.0 Å². The summed E-state index contributed by atoms with van der Waals surface area (Å²) in [7, 11) is 3.01. The van der Waals surface area contributed by atoms with Crippen molar-refractivity contribution in [2.75, 3.05) is 20.8 Å². The molecule has 0 unspecified atom stereocenters. The number of nitro groups is 1. The summed E-state index contributed by atoms with van der Waals surface area (Å²) in [6, 6.07) is 6.21. The van der Waals surface area contributed by atoms with Gasteiger partial charge in [-0.1, -0.05) is 19.3 Å². The number of nitrogens with zero attached hydrogens (tertiary/aromatic N) is 3. The van der Waals surface area contributed by atoms with E-state index in [1.807, 2.05) is 0 Å². The lowest BCUT2D eigenvalue weighted by atomic mass is 9.81. The van der Waals surface area contributed by atoms with Crippen LogP contribution >= 0.6 is 0 Å². The van der Waals surface area contributed by atoms with Crippen LogP contribution in [0.2, 0.25) is 0 Å². The molecule has 1 amide bonds. The molecule has 0 aromatic heterocycles. The second kappa shape index (κ2) is 7.83. The van der Waals surface area contributed by atoms with Crippen molar-refractivity contribution in [1.29, 1.82) is 5.26 Å². The first-order chi connectivity index (χ1) is 11.9. The van der Waals surface area contributed by atoms with Crippen LogP contribution in [0.1, 0.15) is 32.1 Å². The van der Waals surface area contributed by atoms with Gasteiger partial charge in [0.1, 0.15) is 5.54 Å². The van der Waals surface area contributed by atoms with Crippen molar-refractivity contribution < 1.29 is 19.2 Å². The molecule has 1 aromatic carbocycles. The van der Waals surface area contributed by atoms with E-state index in [9.17, 15) is 20.2 Å². The number of likely N-dealkylation sites (N-methyl/N-ethyl adjacent to an activating group) is 1. The molecule has 0 N–H and O–H groups in total. The van der Waals surface area contributed by atoms with E-state index in [0.717, 1.165) is 19.3 Å². The first-order valence-corrected chi connectivity index (χ1v) is 8.06. The summed E-state index contributed by atoms with van der Waals surface area (Å²) in [5.41, 5.74) is -0.955. The first-order valence-electron chi connectivity index (χ1n) is 8.06. The van der Waals surface area contributed by atoms with E-state index in [1.54, 1.807) is 7.05 Å². The molecule has 134 valence electrons. The highest BCUT2D eigenvalue weighted by atomic mass is 16.6. The van der Waals surface area contributed by atoms with Gasteiger partial charge < -0.3 is 14.4 Å². The molecule has 2 rings (SSSR count). The minimum atomic E-state index is -0.800. The van der Waals surface area contributed by atoms with Crippen LogP contribution in [0.25, 0.3) is 0 Å². The maximum atomic E-state index is 12.5. The number of amides is 1. The fourth-order valence-corrected chi connectivity index (χ4v) is 3.03. The average Bonchev–Trinajstić information content (AvgIpc) is 2.65. The van der Waals surface area contributed by atoms with Crippen LogP contribution in [0.3, 0.4) is 0 Å². The van der Waals surface area contributed by atoms with Gasteiger partial charge in [-0.05, 0) is 18.9 Å². The van der Waals surface area contributed by atoms with E-state index in [2.05, 4.69) is 6.07 Å². The Kier molecular flexibility index (Phi) is 5.80. The number of benzene rings is 1. The van der Waals surface area contributed by atoms with Crippen molar-refractivity contribution in [3.63, 3.8) is 0 Å². The Hall–Kier alpha value is -2.82. The minimum absolute atomic E-state index is 0.119. The van der Waals surface area contributed by atoms with Gasteiger partial charge in [0.15, 0.2) is 18.1 Å². The number of hydrogen-bond acceptors (Lipinski definition) is 6. The molecule has 8 nitrogen and oxygen atoms in total. The molecule has 1 aliphatic carbocycles. The highest BCUT2D eigenvalue weighted by Crippen LogP contribution is 2.33. The van der Waals surface area contributed by atoms with Crippen molar-refractivity contribution in [2.24, 2.45) is 0 Å². The number of methoxy groups -OCH3 is 1. The molecule has 1 aliphatic rings. The fourth-order valence-electron chi connectivity index (χ4n) is 3.03. The first kappa shape index (κ1) is 18.5. The molecule has 0 radical (unpaired) electrons. The summed E-state index contributed by atoms with van der Waals surface area (Å²) in [5, 5.41) is 20.4. The molecule has 1 saturated carbocycles. The molecule has 0 heterocycles. The molecular weight excluding hydrogens is 326 g/mol. The van der Waals surface area contributed by atoms with Crippen LogP contribution < -0.4 is 9.47 Å². The van der Waals surface area contributed by atoms with Gasteiger partial charge in [-0.15, -0.1) is 0 Å². The molecule has 0 spiro atoms. The molecular formula is C17H21N3O5. The fraction of sp³-hybridized carbons (Fsp3) is 0.529. The Morgan fingerprint density at radius 3 is 2.60 bits per heavy atom. The monoisotopic (exact) mass is 347 g/mol. The van der Waals surface area contributed by atoms with E-state index in [1.165, 1.54) is 30.2 Å². The van der Waals surface area contributed by atoms with Crippen LogP contribution in [0.15, 0.2) is 18.2 Å². The lowest BCUT2D eigenvalue weighted by Crippen LogP contribution is -2.51. The predicted octanol–water partition coefficient (Wildman–Crippen LogP) is 2.67. The number of nitriles is 1. The van der Waals surface area contributed by atoms with Gasteiger partial charge in [0, 0.05) is 13.1 Å². The smallest absolute Gasteiger partial charge is 0.273 e. The molecule has 1 fully saturated rings. The second-order valence-electron chi connectivity index (χ2n) is 6.04. The predicted molar refractivity (Wildman–Crippen MR) is 89.3 cm³/mol. The van der Waals surface area contributed by atoms with Gasteiger partial charge in [0.05, 0.1) is 24.2 Å². The molecule has 8 heteroatoms. The molecule has 0 bridgehead atoms. The Labute approximate surface area is 146 Å². The topological polar surface area (TPSA) is 106 Å². The van der Waals surface area contributed by atoms with Crippen molar-refractivity contribution in [1.82, 2.24) is 4.90 Å². The maximum absolute atomic E-state index is 12.5. The van der Waals surface area contributed by atoms with E-state index < -0.39 is 10.5 Å². The summed E-state index contributed by atoms with van der Waals surface area (Å²) >= 11 is 0. The Bertz CT molecular complexity index is 692. The Morgan fingerprint density at radius 1 is 1.36 bits per heavy atom. The second-order valence-corrected chi connectivity index (χ2v) is 6.04. The third-order valence-corrected chi connectivity index (χ3v) is 4.61. The lowest BCUT2D eigenvalue weighted by molar-refractivity contribution is -0.385. The van der Waals surface area contributed by atoms with Gasteiger partial charge in [-0.2, -0.15) is 5.26 Å². The third-order valence-electron chi connectivity index (χ3n) is 4.61. The summed E-state index contributed by atoms with van der Waals surface area (Å²) in [5.74, 6) is 0.0684. The molecule has 0 saturated heterocycles. The van der Waals surface area contributed by atoms with E-state index in [4.69, 9.17) is 9.47 Å². The Balaban J connectivity index is 2.10. The molecule has 1 aromatic rings. The van der Waals surface area contributed by atoms with Crippen molar-refractivity contribution in [3.05, 3.63) is 28.3 Å². The summed E-state index contributed by atoms with van der Waals surface area (Å²) < 4.78 is 10.6. The maximum Gasteiger partial charge on any atom is 0.273 e. The van der Waals surface area contributed by atoms with Gasteiger partial charge >= 0.3 is 0 Å². The van der Waals surface area contributed by atoms with Gasteiger partial charge in [0.25, 0.3) is 11.6 Å². The number of ether oxygens (including phenoxy) is 2. The van der Waals surface area contributed by atoms with Crippen molar-refractivity contribution in [3.8, 4) is 17.6 Å². The van der Waals surface area contributed by atoms with Crippen LogP contribution in [-0.2, 0) is 4.79 Å².